The molecule has 27 heavy (non-hydrogen) atoms. The lowest BCUT2D eigenvalue weighted by Crippen LogP contribution is -2.31. The second-order valence-corrected chi connectivity index (χ2v) is 8.30. The summed E-state index contributed by atoms with van der Waals surface area (Å²) in [5, 5.41) is 0.208. The van der Waals surface area contributed by atoms with Crippen molar-refractivity contribution in [2.75, 3.05) is 12.4 Å². The molecular weight excluding hydrogens is 413 g/mol. The maximum atomic E-state index is 14.4. The number of benzene rings is 1. The van der Waals surface area contributed by atoms with Crippen LogP contribution in [0.25, 0.3) is 0 Å². The number of fused-ring (bicyclic) bond motifs is 1. The van der Waals surface area contributed by atoms with Crippen molar-refractivity contribution in [1.82, 2.24) is 9.36 Å². The number of aromatic nitrogens is 2. The van der Waals surface area contributed by atoms with Crippen molar-refractivity contribution < 1.29 is 13.9 Å². The Morgan fingerprint density at radius 2 is 2.11 bits per heavy atom. The summed E-state index contributed by atoms with van der Waals surface area (Å²) in [7, 11) is 0. The number of nitrogens with zero attached hydrogens (tertiary/aromatic N) is 3. The lowest BCUT2D eigenvalue weighted by molar-refractivity contribution is -0.140. The van der Waals surface area contributed by atoms with Crippen molar-refractivity contribution in [2.45, 2.75) is 44.2 Å². The quantitative estimate of drug-likeness (QED) is 0.518. The van der Waals surface area contributed by atoms with Gasteiger partial charge in [-0.15, -0.1) is 11.8 Å². The molecule has 2 heterocycles. The van der Waals surface area contributed by atoms with Gasteiger partial charge >= 0.3 is 10.8 Å². The molecule has 0 saturated heterocycles. The number of hydrogen-bond donors (Lipinski definition) is 0. The van der Waals surface area contributed by atoms with Crippen LogP contribution in [0.1, 0.15) is 26.2 Å². The van der Waals surface area contributed by atoms with Gasteiger partial charge in [-0.2, -0.15) is 0 Å². The van der Waals surface area contributed by atoms with Gasteiger partial charge in [0.05, 0.1) is 17.4 Å². The number of ether oxygens (including phenoxy) is 1. The zero-order valence-corrected chi connectivity index (χ0v) is 17.1. The third kappa shape index (κ3) is 4.83. The van der Waals surface area contributed by atoms with E-state index < -0.39 is 5.82 Å². The molecule has 0 saturated carbocycles. The molecule has 1 aromatic carbocycles. The van der Waals surface area contributed by atoms with E-state index in [1.807, 2.05) is 6.92 Å². The molecule has 0 amide bonds. The normalized spacial score (nSPS) is 14.3. The number of halogens is 2. The maximum Gasteiger partial charge on any atom is 0.325 e. The number of carbonyl (C=O) groups is 1. The molecule has 0 bridgehead atoms. The number of hydrogen-bond acceptors (Lipinski definition) is 6. The van der Waals surface area contributed by atoms with Crippen LogP contribution < -0.4 is 9.67 Å². The Labute approximate surface area is 168 Å². The van der Waals surface area contributed by atoms with Crippen molar-refractivity contribution in [3.05, 3.63) is 37.4 Å². The van der Waals surface area contributed by atoms with Crippen LogP contribution in [0.2, 0.25) is 5.02 Å². The van der Waals surface area contributed by atoms with Crippen LogP contribution in [0, 0.1) is 5.82 Å². The molecule has 0 fully saturated rings. The number of carbonyl (C=O) groups excluding carboxylic acids is 1. The van der Waals surface area contributed by atoms with Crippen LogP contribution in [0.5, 0.6) is 0 Å². The molecular formula is C17H19ClFN3O3S2. The van der Waals surface area contributed by atoms with Crippen LogP contribution in [-0.2, 0) is 22.6 Å². The standard InChI is InChI=1S/C17H19ClFN3O3S2/c1-2-7-25-15(23)10-26-14-9-13(12(19)8-11(14)18)20-16-21-5-3-4-6-22(21)17(24)27-16/h8-9H,2-7,10H2,1H3/b20-16+. The molecule has 0 unspecified atom stereocenters. The van der Waals surface area contributed by atoms with Crippen LogP contribution in [0.15, 0.2) is 26.8 Å². The predicted molar refractivity (Wildman–Crippen MR) is 104 cm³/mol. The molecule has 2 aromatic rings. The van der Waals surface area contributed by atoms with Gasteiger partial charge in [-0.1, -0.05) is 18.5 Å². The SMILES string of the molecule is CCCOC(=O)CSc1cc(/N=c2/sc(=O)n3n2CCCC3)c(F)cc1Cl. The Morgan fingerprint density at radius 3 is 2.85 bits per heavy atom. The highest BCUT2D eigenvalue weighted by atomic mass is 35.5. The lowest BCUT2D eigenvalue weighted by Gasteiger charge is -2.15. The first-order valence-electron chi connectivity index (χ1n) is 8.62. The largest absolute Gasteiger partial charge is 0.465 e. The van der Waals surface area contributed by atoms with Crippen LogP contribution >= 0.6 is 34.7 Å². The highest BCUT2D eigenvalue weighted by molar-refractivity contribution is 8.00. The fraction of sp³-hybridized carbons (Fsp3) is 0.471. The van der Waals surface area contributed by atoms with Gasteiger partial charge in [0.25, 0.3) is 0 Å². The zero-order chi connectivity index (χ0) is 19.4. The van der Waals surface area contributed by atoms with Crippen molar-refractivity contribution in [2.24, 2.45) is 4.99 Å². The summed E-state index contributed by atoms with van der Waals surface area (Å²) in [5.74, 6) is -0.848. The predicted octanol–water partition coefficient (Wildman–Crippen LogP) is 3.58. The summed E-state index contributed by atoms with van der Waals surface area (Å²) in [6, 6.07) is 2.68. The minimum absolute atomic E-state index is 0.0779. The second-order valence-electron chi connectivity index (χ2n) is 5.96. The van der Waals surface area contributed by atoms with E-state index in [0.29, 0.717) is 29.4 Å². The molecule has 3 rings (SSSR count). The highest BCUT2D eigenvalue weighted by Gasteiger charge is 2.15. The molecule has 1 aliphatic rings. The Balaban J connectivity index is 1.89. The Morgan fingerprint density at radius 1 is 1.37 bits per heavy atom. The summed E-state index contributed by atoms with van der Waals surface area (Å²) in [5.41, 5.74) is 0.0894. The Hall–Kier alpha value is -1.58. The van der Waals surface area contributed by atoms with E-state index >= 15 is 0 Å². The van der Waals surface area contributed by atoms with E-state index in [0.717, 1.165) is 30.6 Å². The molecule has 146 valence electrons. The summed E-state index contributed by atoms with van der Waals surface area (Å²) in [6.45, 7) is 3.61. The lowest BCUT2D eigenvalue weighted by atomic mass is 10.3. The Bertz CT molecular complexity index is 967. The first-order valence-corrected chi connectivity index (χ1v) is 10.8. The first kappa shape index (κ1) is 20.2. The van der Waals surface area contributed by atoms with Gasteiger partial charge in [0.2, 0.25) is 4.80 Å². The summed E-state index contributed by atoms with van der Waals surface area (Å²) < 4.78 is 22.8. The van der Waals surface area contributed by atoms with Gasteiger partial charge in [-0.05, 0) is 42.7 Å². The number of thioether (sulfide) groups is 1. The fourth-order valence-corrected chi connectivity index (χ4v) is 4.58. The molecule has 0 N–H and O–H groups in total. The highest BCUT2D eigenvalue weighted by Crippen LogP contribution is 2.33. The summed E-state index contributed by atoms with van der Waals surface area (Å²) in [6.07, 6.45) is 2.65. The number of rotatable bonds is 6. The van der Waals surface area contributed by atoms with E-state index in [9.17, 15) is 14.0 Å². The zero-order valence-electron chi connectivity index (χ0n) is 14.7. The van der Waals surface area contributed by atoms with Gasteiger partial charge < -0.3 is 4.74 Å². The summed E-state index contributed by atoms with van der Waals surface area (Å²) in [4.78, 5) is 29.0. The van der Waals surface area contributed by atoms with E-state index in [-0.39, 0.29) is 27.3 Å². The minimum atomic E-state index is -0.575. The van der Waals surface area contributed by atoms with Gasteiger partial charge in [0.1, 0.15) is 11.5 Å². The molecule has 1 aromatic heterocycles. The van der Waals surface area contributed by atoms with E-state index in [1.54, 1.807) is 9.36 Å². The molecule has 0 aliphatic carbocycles. The number of esters is 1. The third-order valence-corrected chi connectivity index (χ3v) is 6.25. The molecule has 10 heteroatoms. The van der Waals surface area contributed by atoms with Crippen molar-refractivity contribution in [3.8, 4) is 0 Å². The van der Waals surface area contributed by atoms with Crippen LogP contribution in [-0.4, -0.2) is 27.7 Å². The molecule has 0 radical (unpaired) electrons. The molecule has 6 nitrogen and oxygen atoms in total. The Kier molecular flexibility index (Phi) is 6.78. The van der Waals surface area contributed by atoms with Gasteiger partial charge in [-0.3, -0.25) is 14.3 Å². The van der Waals surface area contributed by atoms with E-state index in [2.05, 4.69) is 4.99 Å². The summed E-state index contributed by atoms with van der Waals surface area (Å²) >= 11 is 8.26. The van der Waals surface area contributed by atoms with Crippen molar-refractivity contribution >= 4 is 46.4 Å². The van der Waals surface area contributed by atoms with Gasteiger partial charge in [0.15, 0.2) is 0 Å². The average Bonchev–Trinajstić information content (AvgIpc) is 2.97. The fourth-order valence-electron chi connectivity index (χ4n) is 2.63. The monoisotopic (exact) mass is 431 g/mol. The second kappa shape index (κ2) is 9.07. The van der Waals surface area contributed by atoms with Gasteiger partial charge in [0, 0.05) is 18.0 Å². The van der Waals surface area contributed by atoms with Gasteiger partial charge in [-0.25, -0.2) is 14.1 Å². The molecule has 0 atom stereocenters. The van der Waals surface area contributed by atoms with Crippen molar-refractivity contribution in [3.63, 3.8) is 0 Å². The topological polar surface area (TPSA) is 65.6 Å². The molecule has 0 spiro atoms. The van der Waals surface area contributed by atoms with E-state index in [4.69, 9.17) is 16.3 Å². The van der Waals surface area contributed by atoms with Crippen molar-refractivity contribution in [1.29, 1.82) is 0 Å². The molecule has 1 aliphatic heterocycles. The van der Waals surface area contributed by atoms with E-state index in [1.165, 1.54) is 23.9 Å². The average molecular weight is 432 g/mol. The van der Waals surface area contributed by atoms with Crippen LogP contribution in [0.4, 0.5) is 10.1 Å². The third-order valence-electron chi connectivity index (χ3n) is 3.92. The first-order chi connectivity index (χ1) is 13.0. The smallest absolute Gasteiger partial charge is 0.325 e. The maximum absolute atomic E-state index is 14.4. The minimum Gasteiger partial charge on any atom is -0.465 e. The van der Waals surface area contributed by atoms with Crippen LogP contribution in [0.3, 0.4) is 0 Å².